The predicted octanol–water partition coefficient (Wildman–Crippen LogP) is 4.17. The van der Waals surface area contributed by atoms with E-state index in [1.807, 2.05) is 19.2 Å². The van der Waals surface area contributed by atoms with Crippen molar-refractivity contribution in [1.29, 1.82) is 0 Å². The summed E-state index contributed by atoms with van der Waals surface area (Å²) in [5.41, 5.74) is 2.16. The van der Waals surface area contributed by atoms with Gasteiger partial charge >= 0.3 is 0 Å². The first-order valence-corrected chi connectivity index (χ1v) is 12.5. The van der Waals surface area contributed by atoms with Gasteiger partial charge in [0.05, 0.1) is 17.5 Å². The zero-order valence-corrected chi connectivity index (χ0v) is 17.9. The molecule has 0 amide bonds. The van der Waals surface area contributed by atoms with E-state index in [0.29, 0.717) is 36.8 Å². The van der Waals surface area contributed by atoms with Gasteiger partial charge in [-0.15, -0.1) is 10.2 Å². The highest BCUT2D eigenvalue weighted by Gasteiger charge is 2.42. The number of rotatable bonds is 7. The van der Waals surface area contributed by atoms with Gasteiger partial charge in [-0.25, -0.2) is 17.2 Å². The van der Waals surface area contributed by atoms with E-state index >= 15 is 0 Å². The fourth-order valence-corrected chi connectivity index (χ4v) is 5.94. The van der Waals surface area contributed by atoms with Crippen molar-refractivity contribution in [3.8, 4) is 0 Å². The van der Waals surface area contributed by atoms with E-state index in [0.717, 1.165) is 36.8 Å². The molecule has 3 fully saturated rings. The lowest BCUT2D eigenvalue weighted by Gasteiger charge is -2.37. The molecule has 0 N–H and O–H groups in total. The van der Waals surface area contributed by atoms with Crippen molar-refractivity contribution in [1.82, 2.24) is 14.6 Å². The Morgan fingerprint density at radius 3 is 2.47 bits per heavy atom. The smallest absolute Gasteiger partial charge is 0.248 e. The normalized spacial score (nSPS) is 23.7. The molecule has 2 heterocycles. The van der Waals surface area contributed by atoms with E-state index in [1.54, 1.807) is 4.40 Å². The number of aromatic nitrogens is 3. The van der Waals surface area contributed by atoms with Crippen LogP contribution < -0.4 is 0 Å². The summed E-state index contributed by atoms with van der Waals surface area (Å²) in [6.45, 7) is 2.25. The van der Waals surface area contributed by atoms with Crippen molar-refractivity contribution in [2.24, 2.45) is 0 Å². The number of pyridine rings is 1. The van der Waals surface area contributed by atoms with Gasteiger partial charge in [-0.2, -0.15) is 0 Å². The van der Waals surface area contributed by atoms with Crippen LogP contribution in [0.1, 0.15) is 81.2 Å². The summed E-state index contributed by atoms with van der Waals surface area (Å²) in [5, 5.41) is 8.10. The van der Waals surface area contributed by atoms with Gasteiger partial charge in [0.2, 0.25) is 5.92 Å². The standard InChI is InChI=1S/C21H27F2N3O3S/c1-20(6-8-21(22,23)9-7-20)29-12-15-10-18-24-25-19(13-30(27,28)16-4-5-16)26(18)11-17(15)14-2-3-14/h10-11,14,16H,2-9,12-13H2,1H3. The molecule has 0 atom stereocenters. The zero-order chi connectivity index (χ0) is 21.1. The highest BCUT2D eigenvalue weighted by Crippen LogP contribution is 2.44. The van der Waals surface area contributed by atoms with Gasteiger partial charge in [-0.3, -0.25) is 4.40 Å². The summed E-state index contributed by atoms with van der Waals surface area (Å²) >= 11 is 0. The first-order chi connectivity index (χ1) is 14.1. The number of nitrogens with zero attached hydrogens (tertiary/aromatic N) is 3. The van der Waals surface area contributed by atoms with Crippen LogP contribution in [0.25, 0.3) is 5.65 Å². The Kier molecular flexibility index (Phi) is 4.70. The lowest BCUT2D eigenvalue weighted by molar-refractivity contribution is -0.129. The topological polar surface area (TPSA) is 73.6 Å². The molecule has 9 heteroatoms. The Bertz CT molecular complexity index is 1060. The number of hydrogen-bond acceptors (Lipinski definition) is 5. The predicted molar refractivity (Wildman–Crippen MR) is 107 cm³/mol. The molecule has 0 aromatic carbocycles. The molecule has 2 aromatic rings. The molecule has 0 unspecified atom stereocenters. The molecule has 2 aromatic heterocycles. The molecule has 3 aliphatic rings. The van der Waals surface area contributed by atoms with Crippen molar-refractivity contribution in [3.63, 3.8) is 0 Å². The molecular weight excluding hydrogens is 412 g/mol. The van der Waals surface area contributed by atoms with E-state index < -0.39 is 21.4 Å². The number of ether oxygens (including phenoxy) is 1. The molecule has 0 spiro atoms. The number of hydrogen-bond donors (Lipinski definition) is 0. The van der Waals surface area contributed by atoms with E-state index in [1.165, 1.54) is 0 Å². The van der Waals surface area contributed by atoms with Crippen LogP contribution in [0.3, 0.4) is 0 Å². The summed E-state index contributed by atoms with van der Waals surface area (Å²) in [7, 11) is -3.18. The Balaban J connectivity index is 1.38. The molecule has 0 aliphatic heterocycles. The second-order valence-electron chi connectivity index (χ2n) is 9.47. The van der Waals surface area contributed by atoms with Crippen LogP contribution in [-0.2, 0) is 26.9 Å². The molecule has 0 bridgehead atoms. The number of fused-ring (bicyclic) bond motifs is 1. The molecule has 0 saturated heterocycles. The number of sulfone groups is 1. The summed E-state index contributed by atoms with van der Waals surface area (Å²) in [4.78, 5) is 0. The molecule has 6 nitrogen and oxygen atoms in total. The Hall–Kier alpha value is -1.61. The summed E-state index contributed by atoms with van der Waals surface area (Å²) in [6, 6.07) is 1.91. The van der Waals surface area contributed by atoms with Crippen LogP contribution in [0.4, 0.5) is 8.78 Å². The van der Waals surface area contributed by atoms with E-state index in [-0.39, 0.29) is 23.8 Å². The minimum absolute atomic E-state index is 0.0922. The SMILES string of the molecule is CC1(OCc2cc3nnc(CS(=O)(=O)C4CC4)n3cc2C2CC2)CCC(F)(F)CC1. The molecule has 0 radical (unpaired) electrons. The maximum Gasteiger partial charge on any atom is 0.248 e. The third kappa shape index (κ3) is 4.10. The molecule has 3 aliphatic carbocycles. The average Bonchev–Trinajstić information content (AvgIpc) is 3.60. The fraction of sp³-hybridized carbons (Fsp3) is 0.714. The number of halogens is 2. The lowest BCUT2D eigenvalue weighted by Crippen LogP contribution is -2.38. The molecular formula is C21H27F2N3O3S. The summed E-state index contributed by atoms with van der Waals surface area (Å²) in [5.74, 6) is -1.80. The Labute approximate surface area is 174 Å². The van der Waals surface area contributed by atoms with Crippen LogP contribution in [-0.4, -0.2) is 39.8 Å². The van der Waals surface area contributed by atoms with Gasteiger partial charge < -0.3 is 4.74 Å². The van der Waals surface area contributed by atoms with Crippen molar-refractivity contribution in [2.45, 2.75) is 93.3 Å². The second kappa shape index (κ2) is 6.95. The monoisotopic (exact) mass is 439 g/mol. The van der Waals surface area contributed by atoms with Crippen molar-refractivity contribution in [2.75, 3.05) is 0 Å². The molecule has 5 rings (SSSR count). The maximum atomic E-state index is 13.5. The van der Waals surface area contributed by atoms with Gasteiger partial charge in [-0.1, -0.05) is 0 Å². The van der Waals surface area contributed by atoms with Gasteiger partial charge in [-0.05, 0) is 68.6 Å². The van der Waals surface area contributed by atoms with Crippen LogP contribution in [0.15, 0.2) is 12.3 Å². The van der Waals surface area contributed by atoms with Gasteiger partial charge in [0.15, 0.2) is 21.3 Å². The molecule has 30 heavy (non-hydrogen) atoms. The molecule has 3 saturated carbocycles. The van der Waals surface area contributed by atoms with Crippen molar-refractivity contribution < 1.29 is 21.9 Å². The minimum atomic E-state index is -3.18. The fourth-order valence-electron chi connectivity index (χ4n) is 4.29. The Morgan fingerprint density at radius 2 is 1.83 bits per heavy atom. The average molecular weight is 440 g/mol. The summed E-state index contributed by atoms with van der Waals surface area (Å²) < 4.78 is 59.8. The Morgan fingerprint density at radius 1 is 1.13 bits per heavy atom. The second-order valence-corrected chi connectivity index (χ2v) is 11.8. The van der Waals surface area contributed by atoms with Crippen LogP contribution >= 0.6 is 0 Å². The number of alkyl halides is 2. The molecule has 164 valence electrons. The van der Waals surface area contributed by atoms with Crippen LogP contribution in [0.2, 0.25) is 0 Å². The van der Waals surface area contributed by atoms with Gasteiger partial charge in [0, 0.05) is 19.0 Å². The highest BCUT2D eigenvalue weighted by atomic mass is 32.2. The van der Waals surface area contributed by atoms with Crippen molar-refractivity contribution >= 4 is 15.5 Å². The minimum Gasteiger partial charge on any atom is -0.371 e. The lowest BCUT2D eigenvalue weighted by atomic mass is 9.84. The first-order valence-electron chi connectivity index (χ1n) is 10.7. The third-order valence-corrected chi connectivity index (χ3v) is 8.88. The van der Waals surface area contributed by atoms with E-state index in [9.17, 15) is 17.2 Å². The van der Waals surface area contributed by atoms with Gasteiger partial charge in [0.25, 0.3) is 0 Å². The van der Waals surface area contributed by atoms with Crippen molar-refractivity contribution in [3.05, 3.63) is 29.2 Å². The van der Waals surface area contributed by atoms with Crippen LogP contribution in [0.5, 0.6) is 0 Å². The third-order valence-electron chi connectivity index (χ3n) is 6.73. The first kappa shape index (κ1) is 20.3. The quantitative estimate of drug-likeness (QED) is 0.647. The highest BCUT2D eigenvalue weighted by molar-refractivity contribution is 7.91. The van der Waals surface area contributed by atoms with Crippen LogP contribution in [0, 0.1) is 0 Å². The summed E-state index contributed by atoms with van der Waals surface area (Å²) in [6.07, 6.45) is 6.00. The largest absolute Gasteiger partial charge is 0.371 e. The maximum absolute atomic E-state index is 13.5. The van der Waals surface area contributed by atoms with E-state index in [4.69, 9.17) is 4.74 Å². The van der Waals surface area contributed by atoms with Gasteiger partial charge in [0.1, 0.15) is 5.75 Å². The zero-order valence-electron chi connectivity index (χ0n) is 17.1. The van der Waals surface area contributed by atoms with E-state index in [2.05, 4.69) is 10.2 Å².